The van der Waals surface area contributed by atoms with Gasteiger partial charge in [0.15, 0.2) is 17.8 Å². The fourth-order valence-electron chi connectivity index (χ4n) is 3.88. The van der Waals surface area contributed by atoms with E-state index < -0.39 is 18.2 Å². The van der Waals surface area contributed by atoms with E-state index in [1.54, 1.807) is 7.11 Å². The van der Waals surface area contributed by atoms with Gasteiger partial charge in [0, 0.05) is 24.5 Å². The maximum atomic E-state index is 11.6. The van der Waals surface area contributed by atoms with Crippen molar-refractivity contribution >= 4 is 5.97 Å². The number of rotatable bonds is 13. The Balaban J connectivity index is 1.84. The van der Waals surface area contributed by atoms with Gasteiger partial charge in [-0.15, -0.1) is 0 Å². The molecule has 0 heterocycles. The maximum Gasteiger partial charge on any atom is 0.304 e. The van der Waals surface area contributed by atoms with E-state index in [1.807, 2.05) is 38.1 Å². The predicted molar refractivity (Wildman–Crippen MR) is 118 cm³/mol. The van der Waals surface area contributed by atoms with Gasteiger partial charge in [0.25, 0.3) is 0 Å². The third-order valence-electron chi connectivity index (χ3n) is 5.74. The summed E-state index contributed by atoms with van der Waals surface area (Å²) in [6.07, 6.45) is 1.41. The molecular weight excluding hydrogens is 396 g/mol. The SMILES string of the molecule is CCOC(OCC)C(CC(=O)O)c1ccc(OC)c(OCC2(c3ccccc3)CC2)c1. The average Bonchev–Trinajstić information content (AvgIpc) is 3.57. The monoisotopic (exact) mass is 428 g/mol. The number of ether oxygens (including phenoxy) is 4. The van der Waals surface area contributed by atoms with E-state index in [0.717, 1.165) is 18.4 Å². The van der Waals surface area contributed by atoms with Gasteiger partial charge in [-0.2, -0.15) is 0 Å². The van der Waals surface area contributed by atoms with E-state index >= 15 is 0 Å². The van der Waals surface area contributed by atoms with Gasteiger partial charge in [-0.3, -0.25) is 4.79 Å². The Hall–Kier alpha value is -2.57. The molecule has 0 aromatic heterocycles. The smallest absolute Gasteiger partial charge is 0.304 e. The highest BCUT2D eigenvalue weighted by Crippen LogP contribution is 2.49. The lowest BCUT2D eigenvalue weighted by molar-refractivity contribution is -0.160. The van der Waals surface area contributed by atoms with E-state index in [4.69, 9.17) is 18.9 Å². The summed E-state index contributed by atoms with van der Waals surface area (Å²) < 4.78 is 23.2. The van der Waals surface area contributed by atoms with Crippen LogP contribution >= 0.6 is 0 Å². The second-order valence-electron chi connectivity index (χ2n) is 7.83. The van der Waals surface area contributed by atoms with Crippen LogP contribution in [0, 0.1) is 0 Å². The summed E-state index contributed by atoms with van der Waals surface area (Å²) in [6, 6.07) is 15.9. The molecule has 1 aliphatic carbocycles. The summed E-state index contributed by atoms with van der Waals surface area (Å²) in [5.74, 6) is -0.154. The minimum Gasteiger partial charge on any atom is -0.493 e. The third kappa shape index (κ3) is 5.77. The Bertz CT molecular complexity index is 840. The molecule has 1 N–H and O–H groups in total. The van der Waals surface area contributed by atoms with Crippen molar-refractivity contribution in [2.75, 3.05) is 26.9 Å². The van der Waals surface area contributed by atoms with Gasteiger partial charge in [-0.05, 0) is 49.9 Å². The minimum atomic E-state index is -0.909. The molecule has 1 unspecified atom stereocenters. The van der Waals surface area contributed by atoms with Crippen molar-refractivity contribution in [2.45, 2.75) is 50.7 Å². The summed E-state index contributed by atoms with van der Waals surface area (Å²) in [7, 11) is 1.60. The molecule has 1 atom stereocenters. The molecule has 3 rings (SSSR count). The minimum absolute atomic E-state index is 0.0297. The predicted octanol–water partition coefficient (Wildman–Crippen LogP) is 4.76. The first kappa shape index (κ1) is 23.1. The molecule has 2 aromatic carbocycles. The summed E-state index contributed by atoms with van der Waals surface area (Å²) in [5, 5.41) is 9.48. The van der Waals surface area contributed by atoms with Gasteiger partial charge < -0.3 is 24.1 Å². The van der Waals surface area contributed by atoms with Crippen LogP contribution in [0.5, 0.6) is 11.5 Å². The van der Waals surface area contributed by atoms with Crippen molar-refractivity contribution in [3.05, 3.63) is 59.7 Å². The van der Waals surface area contributed by atoms with Gasteiger partial charge in [0.05, 0.1) is 20.1 Å². The molecule has 1 saturated carbocycles. The Kier molecular flexibility index (Phi) is 7.93. The quantitative estimate of drug-likeness (QED) is 0.464. The van der Waals surface area contributed by atoms with Crippen LogP contribution in [-0.4, -0.2) is 44.3 Å². The van der Waals surface area contributed by atoms with Crippen LogP contribution in [-0.2, 0) is 19.7 Å². The summed E-state index contributed by atoms with van der Waals surface area (Å²) in [4.78, 5) is 11.6. The first-order chi connectivity index (χ1) is 15.0. The average molecular weight is 429 g/mol. The fraction of sp³-hybridized carbons (Fsp3) is 0.480. The molecule has 168 valence electrons. The van der Waals surface area contributed by atoms with Crippen molar-refractivity contribution in [1.29, 1.82) is 0 Å². The Labute approximate surface area is 184 Å². The zero-order valence-electron chi connectivity index (χ0n) is 18.5. The van der Waals surface area contributed by atoms with Gasteiger partial charge in [-0.1, -0.05) is 36.4 Å². The molecule has 1 aliphatic rings. The molecule has 6 heteroatoms. The molecule has 31 heavy (non-hydrogen) atoms. The third-order valence-corrected chi connectivity index (χ3v) is 5.74. The van der Waals surface area contributed by atoms with Gasteiger partial charge in [0.2, 0.25) is 0 Å². The summed E-state index contributed by atoms with van der Waals surface area (Å²) >= 11 is 0. The lowest BCUT2D eigenvalue weighted by Crippen LogP contribution is -2.28. The zero-order chi connectivity index (χ0) is 22.3. The number of hydrogen-bond acceptors (Lipinski definition) is 5. The lowest BCUT2D eigenvalue weighted by atomic mass is 9.94. The zero-order valence-corrected chi connectivity index (χ0v) is 18.5. The number of carboxylic acids is 1. The van der Waals surface area contributed by atoms with E-state index in [1.165, 1.54) is 5.56 Å². The van der Waals surface area contributed by atoms with Gasteiger partial charge >= 0.3 is 5.97 Å². The van der Waals surface area contributed by atoms with Crippen molar-refractivity contribution < 1.29 is 28.8 Å². The lowest BCUT2D eigenvalue weighted by Gasteiger charge is -2.27. The van der Waals surface area contributed by atoms with Crippen LogP contribution in [0.25, 0.3) is 0 Å². The molecule has 2 aromatic rings. The number of aliphatic carboxylic acids is 1. The molecule has 0 aliphatic heterocycles. The second-order valence-corrected chi connectivity index (χ2v) is 7.83. The first-order valence-corrected chi connectivity index (χ1v) is 10.8. The Morgan fingerprint density at radius 1 is 1.03 bits per heavy atom. The number of benzene rings is 2. The molecule has 0 bridgehead atoms. The summed E-state index contributed by atoms with van der Waals surface area (Å²) in [5.41, 5.74) is 2.10. The number of hydrogen-bond donors (Lipinski definition) is 1. The normalized spacial score (nSPS) is 15.5. The van der Waals surface area contributed by atoms with Crippen molar-refractivity contribution in [1.82, 2.24) is 0 Å². The highest BCUT2D eigenvalue weighted by Gasteiger charge is 2.45. The molecule has 0 radical (unpaired) electrons. The highest BCUT2D eigenvalue weighted by molar-refractivity contribution is 5.68. The molecule has 6 nitrogen and oxygen atoms in total. The van der Waals surface area contributed by atoms with E-state index in [2.05, 4.69) is 24.3 Å². The van der Waals surface area contributed by atoms with Crippen LogP contribution < -0.4 is 9.47 Å². The molecule has 0 saturated heterocycles. The van der Waals surface area contributed by atoms with E-state index in [-0.39, 0.29) is 11.8 Å². The number of methoxy groups -OCH3 is 1. The Morgan fingerprint density at radius 2 is 1.71 bits per heavy atom. The van der Waals surface area contributed by atoms with Crippen molar-refractivity contribution in [3.63, 3.8) is 0 Å². The van der Waals surface area contributed by atoms with Crippen LogP contribution in [0.4, 0.5) is 0 Å². The van der Waals surface area contributed by atoms with Crippen molar-refractivity contribution in [2.24, 2.45) is 0 Å². The van der Waals surface area contributed by atoms with E-state index in [9.17, 15) is 9.90 Å². The standard InChI is InChI=1S/C25H32O6/c1-4-29-24(30-5-2)20(16-23(26)27)18-11-12-21(28-3)22(15-18)31-17-25(13-14-25)19-9-7-6-8-10-19/h6-12,15,20,24H,4-5,13-14,16-17H2,1-3H3,(H,26,27). The van der Waals surface area contributed by atoms with Gasteiger partial charge in [0.1, 0.15) is 0 Å². The second kappa shape index (κ2) is 10.6. The highest BCUT2D eigenvalue weighted by atomic mass is 16.7. The van der Waals surface area contributed by atoms with Crippen LogP contribution in [0.3, 0.4) is 0 Å². The Morgan fingerprint density at radius 3 is 2.26 bits per heavy atom. The molecular formula is C25H32O6. The van der Waals surface area contributed by atoms with Crippen LogP contribution in [0.2, 0.25) is 0 Å². The maximum absolute atomic E-state index is 11.6. The fourth-order valence-corrected chi connectivity index (χ4v) is 3.88. The van der Waals surface area contributed by atoms with E-state index in [0.29, 0.717) is 31.3 Å². The topological polar surface area (TPSA) is 74.2 Å². The van der Waals surface area contributed by atoms with Gasteiger partial charge in [-0.25, -0.2) is 0 Å². The summed E-state index contributed by atoms with van der Waals surface area (Å²) in [6.45, 7) is 5.14. The van der Waals surface area contributed by atoms with Crippen LogP contribution in [0.15, 0.2) is 48.5 Å². The van der Waals surface area contributed by atoms with Crippen LogP contribution in [0.1, 0.15) is 50.2 Å². The molecule has 0 spiro atoms. The number of carbonyl (C=O) groups is 1. The number of carboxylic acid groups (broad SMARTS) is 1. The molecule has 1 fully saturated rings. The molecule has 0 amide bonds. The first-order valence-electron chi connectivity index (χ1n) is 10.8. The largest absolute Gasteiger partial charge is 0.493 e. The van der Waals surface area contributed by atoms with Crippen molar-refractivity contribution in [3.8, 4) is 11.5 Å².